The maximum Gasteiger partial charge on any atom is 0.480 e. The predicted octanol–water partition coefficient (Wildman–Crippen LogP) is 12.0. The van der Waals surface area contributed by atoms with Gasteiger partial charge in [-0.05, 0) is 125 Å². The van der Waals surface area contributed by atoms with Crippen molar-refractivity contribution in [1.82, 2.24) is 39.9 Å². The topological polar surface area (TPSA) is 180 Å². The van der Waals surface area contributed by atoms with Crippen LogP contribution in [-0.4, -0.2) is 75.2 Å². The number of pyridine rings is 2. The third-order valence-corrected chi connectivity index (χ3v) is 12.9. The zero-order chi connectivity index (χ0) is 47.1. The lowest BCUT2D eigenvalue weighted by atomic mass is 9.91. The summed E-state index contributed by atoms with van der Waals surface area (Å²) in [6.45, 7) is 6.46. The van der Waals surface area contributed by atoms with Crippen molar-refractivity contribution in [2.75, 3.05) is 16.0 Å². The molecule has 4 aliphatic carbocycles. The largest absolute Gasteiger partial charge is 0.480 e. The number of anilines is 3. The number of rotatable bonds is 16. The summed E-state index contributed by atoms with van der Waals surface area (Å²) in [5.41, 5.74) is 6.12. The van der Waals surface area contributed by atoms with Crippen LogP contribution >= 0.6 is 11.6 Å². The Labute approximate surface area is 404 Å². The van der Waals surface area contributed by atoms with Crippen LogP contribution in [0.15, 0.2) is 54.8 Å². The third-order valence-electron chi connectivity index (χ3n) is 12.7. The molecule has 360 valence electrons. The Morgan fingerprint density at radius 2 is 1.16 bits per heavy atom. The van der Waals surface area contributed by atoms with Gasteiger partial charge in [0, 0.05) is 48.2 Å². The molecule has 0 atom stereocenters. The molecule has 0 aliphatic heterocycles. The molecule has 3 fully saturated rings. The van der Waals surface area contributed by atoms with Gasteiger partial charge >= 0.3 is 7.12 Å². The number of halogens is 1. The molecule has 5 aromatic rings. The Balaban J connectivity index is 0.000000154. The van der Waals surface area contributed by atoms with Gasteiger partial charge in [0.25, 0.3) is 0 Å². The monoisotopic (exact) mass is 932 g/mol. The Kier molecular flexibility index (Phi) is 22.0. The molecular formula is C52H75BClN11O2. The summed E-state index contributed by atoms with van der Waals surface area (Å²) in [6.07, 6.45) is 38.7. The summed E-state index contributed by atoms with van der Waals surface area (Å²) < 4.78 is 0. The average molecular weight is 933 g/mol. The fourth-order valence-electron chi connectivity index (χ4n) is 9.14. The SMILES string of the molecule is CCC/C=C/B(O)O.CCC/C=C/c1nc(NC2CCCC2)c2ncccc2n1.CCCCCc1nc2c(c(NC3CCCC3)n1)CCCC2.Clc1nc(NC2CCCC2)c2ncccc2n1. The van der Waals surface area contributed by atoms with E-state index in [9.17, 15) is 0 Å². The first kappa shape index (κ1) is 51.6. The lowest BCUT2D eigenvalue weighted by molar-refractivity contribution is 0.424. The summed E-state index contributed by atoms with van der Waals surface area (Å²) in [7, 11) is -1.28. The van der Waals surface area contributed by atoms with E-state index in [4.69, 9.17) is 31.6 Å². The summed E-state index contributed by atoms with van der Waals surface area (Å²) in [6, 6.07) is 9.34. The summed E-state index contributed by atoms with van der Waals surface area (Å²) in [4.78, 5) is 36.2. The van der Waals surface area contributed by atoms with E-state index >= 15 is 0 Å². The van der Waals surface area contributed by atoms with Crippen molar-refractivity contribution in [3.05, 3.63) is 83.0 Å². The van der Waals surface area contributed by atoms with Crippen molar-refractivity contribution < 1.29 is 10.0 Å². The van der Waals surface area contributed by atoms with Crippen LogP contribution in [0, 0.1) is 0 Å². The van der Waals surface area contributed by atoms with Crippen molar-refractivity contribution in [2.24, 2.45) is 0 Å². The third kappa shape index (κ3) is 17.0. The molecule has 0 spiro atoms. The van der Waals surface area contributed by atoms with Crippen molar-refractivity contribution >= 4 is 64.3 Å². The average Bonchev–Trinajstić information content (AvgIpc) is 4.17. The highest BCUT2D eigenvalue weighted by Gasteiger charge is 2.22. The Morgan fingerprint density at radius 3 is 1.75 bits per heavy atom. The standard InChI is InChI=1S/C18H29N3.C17H22N4.C12H13ClN4.C5H11BO2/c1-2-3-4-13-17-20-16-12-8-7-11-15(16)18(21-17)19-14-9-5-6-10-14;1-2-3-4-11-15-20-14-10-7-12-18-16(14)17(21-15)19-13-8-5-6-9-13;13-12-16-9-6-3-7-14-10(9)11(17-12)15-8-4-1-2-5-8;1-2-3-4-5-6(7)8/h14H,2-13H2,1H3,(H,19,20,21);4,7,10-13H,2-3,5-6,8-9H2,1H3,(H,19,20,21);3,6-8H,1-2,4-5H2,(H,15,16,17);4-5,7-8H,2-3H2,1H3/b;11-4+;;5-4+. The van der Waals surface area contributed by atoms with E-state index in [-0.39, 0.29) is 5.28 Å². The van der Waals surface area contributed by atoms with Crippen molar-refractivity contribution in [3.8, 4) is 0 Å². The molecule has 5 heterocycles. The lowest BCUT2D eigenvalue weighted by Gasteiger charge is -2.22. The number of hydrogen-bond acceptors (Lipinski definition) is 13. The fraction of sp³-hybridized carbons (Fsp3) is 0.577. The van der Waals surface area contributed by atoms with Gasteiger partial charge in [-0.15, -0.1) is 0 Å². The molecule has 13 nitrogen and oxygen atoms in total. The summed E-state index contributed by atoms with van der Waals surface area (Å²) in [5.74, 6) is 6.02. The lowest BCUT2D eigenvalue weighted by Crippen LogP contribution is -2.20. The molecule has 3 saturated carbocycles. The first-order valence-electron chi connectivity index (χ1n) is 25.6. The second-order valence-corrected chi connectivity index (χ2v) is 18.6. The highest BCUT2D eigenvalue weighted by atomic mass is 35.5. The van der Waals surface area contributed by atoms with Crippen LogP contribution in [0.3, 0.4) is 0 Å². The smallest absolute Gasteiger partial charge is 0.424 e. The maximum atomic E-state index is 8.25. The quantitative estimate of drug-likeness (QED) is 0.0359. The summed E-state index contributed by atoms with van der Waals surface area (Å²) in [5, 5.41) is 27.5. The molecule has 0 amide bonds. The molecule has 0 radical (unpaired) electrons. The van der Waals surface area contributed by atoms with Crippen LogP contribution in [0.1, 0.15) is 179 Å². The van der Waals surface area contributed by atoms with Crippen LogP contribution < -0.4 is 16.0 Å². The van der Waals surface area contributed by atoms with Crippen molar-refractivity contribution in [1.29, 1.82) is 0 Å². The number of nitrogens with one attached hydrogen (secondary N) is 3. The van der Waals surface area contributed by atoms with Gasteiger partial charge in [0.2, 0.25) is 5.28 Å². The van der Waals surface area contributed by atoms with Gasteiger partial charge in [-0.2, -0.15) is 4.98 Å². The Bertz CT molecular complexity index is 2300. The zero-order valence-electron chi connectivity index (χ0n) is 40.4. The van der Waals surface area contributed by atoms with Gasteiger partial charge in [0.05, 0.1) is 11.0 Å². The first-order valence-corrected chi connectivity index (χ1v) is 26.0. The second kappa shape index (κ2) is 28.5. The minimum absolute atomic E-state index is 0.269. The minimum Gasteiger partial charge on any atom is -0.424 e. The number of hydrogen-bond donors (Lipinski definition) is 5. The van der Waals surface area contributed by atoms with E-state index in [1.54, 1.807) is 18.5 Å². The van der Waals surface area contributed by atoms with Gasteiger partial charge in [-0.25, -0.2) is 24.9 Å². The molecular weight excluding hydrogens is 857 g/mol. The van der Waals surface area contributed by atoms with Crippen LogP contribution in [0.25, 0.3) is 28.1 Å². The number of allylic oxidation sites excluding steroid dienone is 2. The van der Waals surface area contributed by atoms with Gasteiger partial charge in [-0.3, -0.25) is 9.97 Å². The van der Waals surface area contributed by atoms with E-state index in [1.807, 2.05) is 37.3 Å². The first-order chi connectivity index (χ1) is 32.8. The number of aromatic nitrogens is 8. The zero-order valence-corrected chi connectivity index (χ0v) is 41.2. The van der Waals surface area contributed by atoms with Gasteiger partial charge < -0.3 is 26.0 Å². The molecule has 15 heteroatoms. The number of unbranched alkanes of at least 4 members (excludes halogenated alkanes) is 4. The van der Waals surface area contributed by atoms with Gasteiger partial charge in [0.1, 0.15) is 22.7 Å². The van der Waals surface area contributed by atoms with Crippen LogP contribution in [-0.2, 0) is 19.3 Å². The number of fused-ring (bicyclic) bond motifs is 3. The highest BCUT2D eigenvalue weighted by molar-refractivity contribution is 6.47. The Morgan fingerprint density at radius 1 is 0.612 bits per heavy atom. The van der Waals surface area contributed by atoms with Crippen LogP contribution in [0.4, 0.5) is 17.5 Å². The molecule has 0 aromatic carbocycles. The molecule has 0 unspecified atom stereocenters. The Hall–Kier alpha value is -4.79. The maximum absolute atomic E-state index is 8.25. The second-order valence-electron chi connectivity index (χ2n) is 18.3. The fourth-order valence-corrected chi connectivity index (χ4v) is 9.32. The molecule has 5 N–H and O–H groups in total. The molecule has 5 aromatic heterocycles. The number of nitrogens with zero attached hydrogens (tertiary/aromatic N) is 8. The van der Waals surface area contributed by atoms with Crippen molar-refractivity contribution in [3.63, 3.8) is 0 Å². The predicted molar refractivity (Wildman–Crippen MR) is 277 cm³/mol. The van der Waals surface area contributed by atoms with Gasteiger partial charge in [0.15, 0.2) is 17.5 Å². The molecule has 0 saturated heterocycles. The van der Waals surface area contributed by atoms with E-state index in [0.717, 1.165) is 83.9 Å². The van der Waals surface area contributed by atoms with Crippen molar-refractivity contribution in [2.45, 2.75) is 193 Å². The molecule has 67 heavy (non-hydrogen) atoms. The summed E-state index contributed by atoms with van der Waals surface area (Å²) >= 11 is 5.92. The van der Waals surface area contributed by atoms with E-state index in [0.29, 0.717) is 18.1 Å². The van der Waals surface area contributed by atoms with Crippen LogP contribution in [0.5, 0.6) is 0 Å². The van der Waals surface area contributed by atoms with E-state index < -0.39 is 7.12 Å². The molecule has 4 aliphatic rings. The highest BCUT2D eigenvalue weighted by Crippen LogP contribution is 2.30. The van der Waals surface area contributed by atoms with E-state index in [2.05, 4.69) is 65.8 Å². The molecule has 9 rings (SSSR count). The normalized spacial score (nSPS) is 16.3. The number of aryl methyl sites for hydroxylation is 2. The van der Waals surface area contributed by atoms with Gasteiger partial charge in [-0.1, -0.05) is 103 Å². The minimum atomic E-state index is -1.28. The van der Waals surface area contributed by atoms with E-state index in [1.165, 1.54) is 139 Å². The molecule has 0 bridgehead atoms. The van der Waals surface area contributed by atoms with Crippen LogP contribution in [0.2, 0.25) is 5.28 Å².